The molecular formula is C14H20ClNO2. The minimum Gasteiger partial charge on any atom is -0.488 e. The Hall–Kier alpha value is -0.770. The highest BCUT2D eigenvalue weighted by Gasteiger charge is 2.22. The molecule has 0 fully saturated rings. The van der Waals surface area contributed by atoms with Crippen LogP contribution in [0.2, 0.25) is 0 Å². The average molecular weight is 270 g/mol. The van der Waals surface area contributed by atoms with E-state index in [1.165, 1.54) is 11.1 Å². The Bertz CT molecular complexity index is 397. The Morgan fingerprint density at radius 2 is 2.39 bits per heavy atom. The number of fused-ring (bicyclic) bond motifs is 1. The lowest BCUT2D eigenvalue weighted by atomic mass is 10.1. The first-order valence-corrected chi connectivity index (χ1v) is 6.72. The van der Waals surface area contributed by atoms with Crippen LogP contribution in [0.15, 0.2) is 18.2 Å². The van der Waals surface area contributed by atoms with Crippen molar-refractivity contribution < 1.29 is 9.47 Å². The van der Waals surface area contributed by atoms with Crippen molar-refractivity contribution in [1.82, 2.24) is 5.32 Å². The van der Waals surface area contributed by atoms with Crippen LogP contribution in [0.1, 0.15) is 11.1 Å². The van der Waals surface area contributed by atoms with E-state index in [-0.39, 0.29) is 11.5 Å². The number of nitrogens with one attached hydrogen (secondary N) is 1. The smallest absolute Gasteiger partial charge is 0.123 e. The topological polar surface area (TPSA) is 30.5 Å². The second-order valence-corrected chi connectivity index (χ2v) is 5.38. The van der Waals surface area contributed by atoms with Crippen molar-refractivity contribution in [3.63, 3.8) is 0 Å². The van der Waals surface area contributed by atoms with Crippen LogP contribution in [0.5, 0.6) is 5.75 Å². The maximum absolute atomic E-state index is 6.05. The van der Waals surface area contributed by atoms with Crippen LogP contribution in [-0.2, 0) is 11.2 Å². The summed E-state index contributed by atoms with van der Waals surface area (Å²) in [6.07, 6.45) is 1.19. The zero-order valence-electron chi connectivity index (χ0n) is 10.9. The number of halogens is 1. The Morgan fingerprint density at radius 1 is 1.56 bits per heavy atom. The molecule has 18 heavy (non-hydrogen) atoms. The number of ether oxygens (including phenoxy) is 2. The number of aryl methyl sites for hydroxylation is 1. The number of hydrogen-bond donors (Lipinski definition) is 1. The van der Waals surface area contributed by atoms with Gasteiger partial charge in [-0.1, -0.05) is 17.7 Å². The van der Waals surface area contributed by atoms with Crippen molar-refractivity contribution in [2.75, 3.05) is 26.8 Å². The monoisotopic (exact) mass is 269 g/mol. The standard InChI is InChI=1S/C14H20ClNO2/c1-10-3-4-14-11(5-10)6-13(18-14)8-16-7-12(15)9-17-2/h3-5,12-13,16H,6-9H2,1-2H3. The van der Waals surface area contributed by atoms with E-state index in [1.807, 2.05) is 0 Å². The van der Waals surface area contributed by atoms with E-state index in [0.29, 0.717) is 6.61 Å². The van der Waals surface area contributed by atoms with Crippen molar-refractivity contribution in [1.29, 1.82) is 0 Å². The summed E-state index contributed by atoms with van der Waals surface area (Å²) in [5.74, 6) is 1.02. The maximum Gasteiger partial charge on any atom is 0.123 e. The lowest BCUT2D eigenvalue weighted by Crippen LogP contribution is -2.34. The lowest BCUT2D eigenvalue weighted by molar-refractivity contribution is 0.192. The summed E-state index contributed by atoms with van der Waals surface area (Å²) in [6, 6.07) is 6.34. The van der Waals surface area contributed by atoms with Crippen molar-refractivity contribution in [2.24, 2.45) is 0 Å². The second-order valence-electron chi connectivity index (χ2n) is 4.77. The molecule has 2 atom stereocenters. The Balaban J connectivity index is 1.74. The molecule has 4 heteroatoms. The summed E-state index contributed by atoms with van der Waals surface area (Å²) in [5, 5.41) is 3.34. The van der Waals surface area contributed by atoms with Gasteiger partial charge < -0.3 is 14.8 Å². The van der Waals surface area contributed by atoms with Gasteiger partial charge in [-0.15, -0.1) is 11.6 Å². The lowest BCUT2D eigenvalue weighted by Gasteiger charge is -2.14. The molecule has 0 aliphatic carbocycles. The molecule has 0 aromatic heterocycles. The molecule has 0 amide bonds. The summed E-state index contributed by atoms with van der Waals surface area (Å²) >= 11 is 6.05. The number of alkyl halides is 1. The first-order valence-electron chi connectivity index (χ1n) is 6.29. The van der Waals surface area contributed by atoms with Crippen LogP contribution in [0.4, 0.5) is 0 Å². The van der Waals surface area contributed by atoms with Gasteiger partial charge in [0.15, 0.2) is 0 Å². The minimum atomic E-state index is 0.0148. The van der Waals surface area contributed by atoms with E-state index in [2.05, 4.69) is 30.4 Å². The first kappa shape index (κ1) is 13.7. The highest BCUT2D eigenvalue weighted by Crippen LogP contribution is 2.29. The van der Waals surface area contributed by atoms with Crippen molar-refractivity contribution in [3.05, 3.63) is 29.3 Å². The van der Waals surface area contributed by atoms with Crippen LogP contribution in [0.25, 0.3) is 0 Å². The second kappa shape index (κ2) is 6.41. The molecule has 1 aliphatic heterocycles. The van der Waals surface area contributed by atoms with Gasteiger partial charge in [-0.3, -0.25) is 0 Å². The van der Waals surface area contributed by atoms with Crippen molar-refractivity contribution in [3.8, 4) is 5.75 Å². The Morgan fingerprint density at radius 3 is 3.17 bits per heavy atom. The summed E-state index contributed by atoms with van der Waals surface area (Å²) in [4.78, 5) is 0. The summed E-state index contributed by atoms with van der Waals surface area (Å²) in [5.41, 5.74) is 2.59. The average Bonchev–Trinajstić information content (AvgIpc) is 2.71. The van der Waals surface area contributed by atoms with Gasteiger partial charge in [-0.2, -0.15) is 0 Å². The van der Waals surface area contributed by atoms with E-state index in [9.17, 15) is 0 Å². The zero-order chi connectivity index (χ0) is 13.0. The van der Waals surface area contributed by atoms with E-state index in [0.717, 1.165) is 25.3 Å². The normalized spacial score (nSPS) is 19.4. The van der Waals surface area contributed by atoms with Gasteiger partial charge in [0.1, 0.15) is 11.9 Å². The first-order chi connectivity index (χ1) is 8.69. The molecule has 0 spiro atoms. The fourth-order valence-electron chi connectivity index (χ4n) is 2.20. The highest BCUT2D eigenvalue weighted by molar-refractivity contribution is 6.20. The molecular weight excluding hydrogens is 250 g/mol. The summed E-state index contributed by atoms with van der Waals surface area (Å²) in [7, 11) is 1.66. The molecule has 0 bridgehead atoms. The van der Waals surface area contributed by atoms with Gasteiger partial charge in [0, 0.05) is 26.6 Å². The predicted octanol–water partition coefficient (Wildman–Crippen LogP) is 2.14. The Labute approximate surface area is 113 Å². The molecule has 1 aromatic carbocycles. The fourth-order valence-corrected chi connectivity index (χ4v) is 2.44. The fraction of sp³-hybridized carbons (Fsp3) is 0.571. The number of rotatable bonds is 6. The van der Waals surface area contributed by atoms with Gasteiger partial charge in [-0.25, -0.2) is 0 Å². The predicted molar refractivity (Wildman–Crippen MR) is 73.7 cm³/mol. The third-order valence-corrected chi connectivity index (χ3v) is 3.32. The molecule has 1 aromatic rings. The van der Waals surface area contributed by atoms with E-state index >= 15 is 0 Å². The highest BCUT2D eigenvalue weighted by atomic mass is 35.5. The quantitative estimate of drug-likeness (QED) is 0.803. The van der Waals surface area contributed by atoms with Gasteiger partial charge in [-0.05, 0) is 18.6 Å². The number of methoxy groups -OCH3 is 1. The molecule has 2 unspecified atom stereocenters. The van der Waals surface area contributed by atoms with Crippen LogP contribution >= 0.6 is 11.6 Å². The van der Waals surface area contributed by atoms with Gasteiger partial charge in [0.05, 0.1) is 12.0 Å². The van der Waals surface area contributed by atoms with Crippen molar-refractivity contribution in [2.45, 2.75) is 24.8 Å². The van der Waals surface area contributed by atoms with Crippen LogP contribution in [0.3, 0.4) is 0 Å². The van der Waals surface area contributed by atoms with Crippen LogP contribution in [-0.4, -0.2) is 38.3 Å². The molecule has 1 N–H and O–H groups in total. The molecule has 100 valence electrons. The van der Waals surface area contributed by atoms with E-state index in [4.69, 9.17) is 21.1 Å². The molecule has 0 radical (unpaired) electrons. The largest absolute Gasteiger partial charge is 0.488 e. The third kappa shape index (κ3) is 3.61. The number of hydrogen-bond acceptors (Lipinski definition) is 3. The molecule has 1 heterocycles. The van der Waals surface area contributed by atoms with Gasteiger partial charge in [0.2, 0.25) is 0 Å². The maximum atomic E-state index is 6.05. The third-order valence-electron chi connectivity index (χ3n) is 3.04. The molecule has 1 aliphatic rings. The molecule has 0 saturated heterocycles. The van der Waals surface area contributed by atoms with Crippen LogP contribution in [0, 0.1) is 6.92 Å². The Kier molecular flexibility index (Phi) is 4.87. The van der Waals surface area contributed by atoms with Gasteiger partial charge in [0.25, 0.3) is 0 Å². The van der Waals surface area contributed by atoms with E-state index < -0.39 is 0 Å². The summed E-state index contributed by atoms with van der Waals surface area (Å²) < 4.78 is 10.9. The minimum absolute atomic E-state index is 0.0148. The zero-order valence-corrected chi connectivity index (χ0v) is 11.7. The molecule has 0 saturated carbocycles. The summed E-state index contributed by atoms with van der Waals surface area (Å²) in [6.45, 7) is 4.24. The van der Waals surface area contributed by atoms with E-state index in [1.54, 1.807) is 7.11 Å². The molecule has 2 rings (SSSR count). The molecule has 3 nitrogen and oxygen atoms in total. The number of benzene rings is 1. The van der Waals surface area contributed by atoms with Crippen LogP contribution < -0.4 is 10.1 Å². The SMILES string of the molecule is COCC(Cl)CNCC1Cc2cc(C)ccc2O1. The van der Waals surface area contributed by atoms with Crippen molar-refractivity contribution >= 4 is 11.6 Å². The van der Waals surface area contributed by atoms with Gasteiger partial charge >= 0.3 is 0 Å².